The molecule has 0 saturated heterocycles. The molecule has 0 aromatic carbocycles. The van der Waals surface area contributed by atoms with Gasteiger partial charge >= 0.3 is 0 Å². The van der Waals surface area contributed by atoms with Crippen LogP contribution < -0.4 is 11.1 Å². The summed E-state index contributed by atoms with van der Waals surface area (Å²) in [5.41, 5.74) is 5.14. The molecule has 1 aliphatic carbocycles. The number of hydrogen-bond acceptors (Lipinski definition) is 3. The summed E-state index contributed by atoms with van der Waals surface area (Å²) in [5.74, 6) is -0.242. The predicted molar refractivity (Wildman–Crippen MR) is 57.1 cm³/mol. The van der Waals surface area contributed by atoms with Crippen molar-refractivity contribution in [1.29, 1.82) is 0 Å². The lowest BCUT2D eigenvalue weighted by Crippen LogP contribution is -2.49. The quantitative estimate of drug-likeness (QED) is 0.644. The van der Waals surface area contributed by atoms with Crippen LogP contribution in [-0.4, -0.2) is 42.4 Å². The van der Waals surface area contributed by atoms with Gasteiger partial charge in [-0.25, -0.2) is 0 Å². The number of nitrogens with two attached hydrogens (primary N) is 1. The second-order valence-electron chi connectivity index (χ2n) is 4.06. The molecule has 86 valence electrons. The van der Waals surface area contributed by atoms with Crippen LogP contribution in [0.15, 0.2) is 0 Å². The van der Waals surface area contributed by atoms with E-state index < -0.39 is 5.54 Å². The van der Waals surface area contributed by atoms with E-state index in [2.05, 4.69) is 5.32 Å². The average Bonchev–Trinajstić information content (AvgIpc) is 2.96. The lowest BCUT2D eigenvalue weighted by Gasteiger charge is -2.24. The van der Waals surface area contributed by atoms with Crippen LogP contribution in [-0.2, 0) is 9.59 Å². The Bertz CT molecular complexity index is 261. The van der Waals surface area contributed by atoms with Gasteiger partial charge < -0.3 is 16.0 Å². The highest BCUT2D eigenvalue weighted by Crippen LogP contribution is 2.34. The van der Waals surface area contributed by atoms with Gasteiger partial charge in [0.25, 0.3) is 0 Å². The fraction of sp³-hybridized carbons (Fsp3) is 0.800. The van der Waals surface area contributed by atoms with Crippen molar-refractivity contribution in [2.75, 3.05) is 20.1 Å². The normalized spacial score (nSPS) is 17.0. The third kappa shape index (κ3) is 2.92. The predicted octanol–water partition coefficient (Wildman–Crippen LogP) is -0.538. The molecule has 15 heavy (non-hydrogen) atoms. The van der Waals surface area contributed by atoms with E-state index in [1.54, 1.807) is 11.9 Å². The van der Waals surface area contributed by atoms with Crippen molar-refractivity contribution in [2.45, 2.75) is 31.7 Å². The number of nitrogens with one attached hydrogen (secondary N) is 1. The molecule has 0 aromatic heterocycles. The van der Waals surface area contributed by atoms with Gasteiger partial charge in [-0.1, -0.05) is 6.92 Å². The molecule has 0 bridgehead atoms. The van der Waals surface area contributed by atoms with Crippen molar-refractivity contribution in [3.8, 4) is 0 Å². The minimum atomic E-state index is -0.677. The molecule has 1 aliphatic rings. The lowest BCUT2D eigenvalue weighted by atomic mass is 10.2. The molecule has 0 aliphatic heterocycles. The molecule has 1 saturated carbocycles. The van der Waals surface area contributed by atoms with Crippen molar-refractivity contribution < 1.29 is 9.59 Å². The van der Waals surface area contributed by atoms with Crippen LogP contribution >= 0.6 is 0 Å². The molecule has 5 nitrogen and oxygen atoms in total. The van der Waals surface area contributed by atoms with Crippen LogP contribution in [0.3, 0.4) is 0 Å². The van der Waals surface area contributed by atoms with Crippen LogP contribution in [0, 0.1) is 0 Å². The van der Waals surface area contributed by atoms with Crippen LogP contribution in [0.2, 0.25) is 0 Å². The first-order chi connectivity index (χ1) is 7.03. The molecule has 0 unspecified atom stereocenters. The molecule has 1 fully saturated rings. The summed E-state index contributed by atoms with van der Waals surface area (Å²) in [4.78, 5) is 24.6. The highest BCUT2D eigenvalue weighted by Gasteiger charge is 2.48. The summed E-state index contributed by atoms with van der Waals surface area (Å²) in [6.07, 6.45) is 2.30. The Hall–Kier alpha value is -1.10. The van der Waals surface area contributed by atoms with Crippen LogP contribution in [0.5, 0.6) is 0 Å². The number of carbonyl (C=O) groups excluding carboxylic acids is 2. The molecular formula is C10H19N3O2. The van der Waals surface area contributed by atoms with E-state index in [9.17, 15) is 9.59 Å². The van der Waals surface area contributed by atoms with Gasteiger partial charge in [0.15, 0.2) is 0 Å². The zero-order chi connectivity index (χ0) is 11.5. The molecule has 0 heterocycles. The van der Waals surface area contributed by atoms with Gasteiger partial charge in [0.05, 0.1) is 12.1 Å². The van der Waals surface area contributed by atoms with Gasteiger partial charge in [0.1, 0.15) is 0 Å². The second kappa shape index (κ2) is 4.61. The monoisotopic (exact) mass is 213 g/mol. The van der Waals surface area contributed by atoms with E-state index in [4.69, 9.17) is 5.73 Å². The van der Waals surface area contributed by atoms with Crippen molar-refractivity contribution >= 4 is 11.8 Å². The summed E-state index contributed by atoms with van der Waals surface area (Å²) in [5, 5.41) is 2.51. The fourth-order valence-electron chi connectivity index (χ4n) is 1.44. The Morgan fingerprint density at radius 1 is 1.47 bits per heavy atom. The number of carbonyl (C=O) groups is 2. The molecular weight excluding hydrogens is 194 g/mol. The van der Waals surface area contributed by atoms with Gasteiger partial charge in [0.2, 0.25) is 11.8 Å². The van der Waals surface area contributed by atoms with Crippen LogP contribution in [0.4, 0.5) is 0 Å². The van der Waals surface area contributed by atoms with Gasteiger partial charge in [-0.15, -0.1) is 0 Å². The largest absolute Gasteiger partial charge is 0.358 e. The lowest BCUT2D eigenvalue weighted by molar-refractivity contribution is -0.137. The smallest absolute Gasteiger partial charge is 0.243 e. The van der Waals surface area contributed by atoms with Crippen molar-refractivity contribution in [3.05, 3.63) is 0 Å². The Morgan fingerprint density at radius 3 is 2.47 bits per heavy atom. The number of amides is 2. The minimum absolute atomic E-state index is 0.0899. The molecule has 2 amide bonds. The Labute approximate surface area is 90.0 Å². The first-order valence-electron chi connectivity index (χ1n) is 5.32. The maximum Gasteiger partial charge on any atom is 0.243 e. The zero-order valence-electron chi connectivity index (χ0n) is 9.38. The highest BCUT2D eigenvalue weighted by atomic mass is 16.2. The Morgan fingerprint density at radius 2 is 2.07 bits per heavy atom. The topological polar surface area (TPSA) is 75.4 Å². The Kier molecular flexibility index (Phi) is 3.68. The van der Waals surface area contributed by atoms with E-state index in [1.807, 2.05) is 6.92 Å². The third-order valence-corrected chi connectivity index (χ3v) is 2.61. The zero-order valence-corrected chi connectivity index (χ0v) is 9.38. The van der Waals surface area contributed by atoms with E-state index in [0.29, 0.717) is 6.54 Å². The van der Waals surface area contributed by atoms with Gasteiger partial charge in [-0.2, -0.15) is 0 Å². The highest BCUT2D eigenvalue weighted by molar-refractivity contribution is 5.92. The summed E-state index contributed by atoms with van der Waals surface area (Å²) < 4.78 is 0. The van der Waals surface area contributed by atoms with Crippen LogP contribution in [0.25, 0.3) is 0 Å². The van der Waals surface area contributed by atoms with Crippen molar-refractivity contribution in [1.82, 2.24) is 10.2 Å². The fourth-order valence-corrected chi connectivity index (χ4v) is 1.44. The minimum Gasteiger partial charge on any atom is -0.358 e. The van der Waals surface area contributed by atoms with E-state index in [1.165, 1.54) is 0 Å². The second-order valence-corrected chi connectivity index (χ2v) is 4.06. The molecule has 3 N–H and O–H groups in total. The van der Waals surface area contributed by atoms with Gasteiger partial charge in [0, 0.05) is 13.6 Å². The summed E-state index contributed by atoms with van der Waals surface area (Å²) in [6, 6.07) is 0. The maximum absolute atomic E-state index is 11.9. The molecule has 0 spiro atoms. The van der Waals surface area contributed by atoms with Crippen molar-refractivity contribution in [3.63, 3.8) is 0 Å². The van der Waals surface area contributed by atoms with Gasteiger partial charge in [-0.05, 0) is 19.3 Å². The first-order valence-corrected chi connectivity index (χ1v) is 5.32. The van der Waals surface area contributed by atoms with Gasteiger partial charge in [-0.3, -0.25) is 9.59 Å². The standard InChI is InChI=1S/C10H19N3O2/c1-3-6-13(7-8(14)12-2)9(15)10(11)4-5-10/h3-7,11H2,1-2H3,(H,12,14). The molecule has 0 radical (unpaired) electrons. The first kappa shape index (κ1) is 12.0. The SMILES string of the molecule is CCCN(CC(=O)NC)C(=O)C1(N)CC1. The summed E-state index contributed by atoms with van der Waals surface area (Å²) >= 11 is 0. The third-order valence-electron chi connectivity index (χ3n) is 2.61. The number of rotatable bonds is 5. The van der Waals surface area contributed by atoms with Crippen molar-refractivity contribution in [2.24, 2.45) is 5.73 Å². The van der Waals surface area contributed by atoms with E-state index in [-0.39, 0.29) is 18.4 Å². The van der Waals surface area contributed by atoms with E-state index >= 15 is 0 Å². The number of likely N-dealkylation sites (N-methyl/N-ethyl adjacent to an activating group) is 1. The average molecular weight is 213 g/mol. The molecule has 0 aromatic rings. The molecule has 5 heteroatoms. The number of nitrogens with zero attached hydrogens (tertiary/aromatic N) is 1. The number of hydrogen-bond donors (Lipinski definition) is 2. The maximum atomic E-state index is 11.9. The molecule has 1 rings (SSSR count). The summed E-state index contributed by atoms with van der Waals surface area (Å²) in [6.45, 7) is 2.67. The molecule has 0 atom stereocenters. The Balaban J connectivity index is 2.56. The van der Waals surface area contributed by atoms with Crippen LogP contribution in [0.1, 0.15) is 26.2 Å². The summed E-state index contributed by atoms with van der Waals surface area (Å²) in [7, 11) is 1.56. The van der Waals surface area contributed by atoms with E-state index in [0.717, 1.165) is 19.3 Å².